The average Bonchev–Trinajstić information content (AvgIpc) is 2.60. The Balaban J connectivity index is 1.93. The Kier molecular flexibility index (Phi) is 6.63. The van der Waals surface area contributed by atoms with Crippen LogP contribution in [0.3, 0.4) is 0 Å². The standard InChI is InChI=1S/C19H23NO5S/c1-4-24-17-7-5-6-8-18(17)25-13-19(21)20-14(2)15-9-11-16(12-10-15)26(3,22)23/h5-12,14H,4,13H2,1-3H3,(H,20,21)/t14-/m1/s1. The maximum absolute atomic E-state index is 12.1. The van der Waals surface area contributed by atoms with Crippen molar-refractivity contribution in [2.24, 2.45) is 0 Å². The fourth-order valence-electron chi connectivity index (χ4n) is 2.36. The Morgan fingerprint density at radius 3 is 2.15 bits per heavy atom. The van der Waals surface area contributed by atoms with Gasteiger partial charge in [-0.3, -0.25) is 4.79 Å². The first-order chi connectivity index (χ1) is 12.3. The van der Waals surface area contributed by atoms with Crippen LogP contribution in [0.5, 0.6) is 11.5 Å². The van der Waals surface area contributed by atoms with Gasteiger partial charge in [0.25, 0.3) is 5.91 Å². The Labute approximate surface area is 154 Å². The van der Waals surface area contributed by atoms with Crippen molar-refractivity contribution in [1.82, 2.24) is 5.32 Å². The number of para-hydroxylation sites is 2. The lowest BCUT2D eigenvalue weighted by Crippen LogP contribution is -2.31. The fourth-order valence-corrected chi connectivity index (χ4v) is 2.99. The van der Waals surface area contributed by atoms with E-state index in [1.165, 1.54) is 12.1 Å². The molecule has 0 aromatic heterocycles. The average molecular weight is 377 g/mol. The molecule has 2 rings (SSSR count). The highest BCUT2D eigenvalue weighted by atomic mass is 32.2. The molecule has 0 bridgehead atoms. The summed E-state index contributed by atoms with van der Waals surface area (Å²) in [5.41, 5.74) is 0.806. The highest BCUT2D eigenvalue weighted by Gasteiger charge is 2.13. The summed E-state index contributed by atoms with van der Waals surface area (Å²) in [5.74, 6) is 0.817. The first kappa shape index (κ1) is 19.8. The predicted molar refractivity (Wildman–Crippen MR) is 99.2 cm³/mol. The number of rotatable bonds is 8. The third kappa shape index (κ3) is 5.49. The summed E-state index contributed by atoms with van der Waals surface area (Å²) in [7, 11) is -3.24. The van der Waals surface area contributed by atoms with Crippen LogP contribution in [0, 0.1) is 0 Å². The van der Waals surface area contributed by atoms with Crippen LogP contribution in [0.2, 0.25) is 0 Å². The molecular formula is C19H23NO5S. The number of benzene rings is 2. The van der Waals surface area contributed by atoms with Crippen LogP contribution in [-0.4, -0.2) is 33.8 Å². The molecule has 0 unspecified atom stereocenters. The highest BCUT2D eigenvalue weighted by molar-refractivity contribution is 7.90. The molecule has 0 saturated carbocycles. The van der Waals surface area contributed by atoms with Crippen LogP contribution in [0.15, 0.2) is 53.4 Å². The molecule has 0 aliphatic carbocycles. The molecular weight excluding hydrogens is 354 g/mol. The quantitative estimate of drug-likeness (QED) is 0.765. The molecule has 26 heavy (non-hydrogen) atoms. The second-order valence-electron chi connectivity index (χ2n) is 5.80. The highest BCUT2D eigenvalue weighted by Crippen LogP contribution is 2.26. The maximum Gasteiger partial charge on any atom is 0.258 e. The van der Waals surface area contributed by atoms with E-state index in [1.807, 2.05) is 26.0 Å². The summed E-state index contributed by atoms with van der Waals surface area (Å²) < 4.78 is 34.0. The molecule has 0 aliphatic rings. The second kappa shape index (κ2) is 8.71. The van der Waals surface area contributed by atoms with Gasteiger partial charge in [0.15, 0.2) is 27.9 Å². The Hall–Kier alpha value is -2.54. The molecule has 0 fully saturated rings. The first-order valence-electron chi connectivity index (χ1n) is 8.25. The summed E-state index contributed by atoms with van der Waals surface area (Å²) in [6.45, 7) is 4.06. The summed E-state index contributed by atoms with van der Waals surface area (Å²) in [5, 5.41) is 2.82. The molecule has 0 spiro atoms. The lowest BCUT2D eigenvalue weighted by Gasteiger charge is -2.16. The Morgan fingerprint density at radius 2 is 1.62 bits per heavy atom. The van der Waals surface area contributed by atoms with E-state index in [-0.39, 0.29) is 23.5 Å². The number of amides is 1. The van der Waals surface area contributed by atoms with Crippen molar-refractivity contribution in [2.75, 3.05) is 19.5 Å². The third-order valence-electron chi connectivity index (χ3n) is 3.69. The smallest absolute Gasteiger partial charge is 0.258 e. The second-order valence-corrected chi connectivity index (χ2v) is 7.81. The van der Waals surface area contributed by atoms with E-state index in [4.69, 9.17) is 9.47 Å². The summed E-state index contributed by atoms with van der Waals surface area (Å²) in [4.78, 5) is 12.4. The van der Waals surface area contributed by atoms with Gasteiger partial charge in [0.1, 0.15) is 0 Å². The minimum Gasteiger partial charge on any atom is -0.490 e. The van der Waals surface area contributed by atoms with Gasteiger partial charge in [-0.05, 0) is 43.7 Å². The molecule has 0 heterocycles. The van der Waals surface area contributed by atoms with Gasteiger partial charge in [0.05, 0.1) is 17.5 Å². The number of sulfone groups is 1. The zero-order valence-electron chi connectivity index (χ0n) is 15.1. The zero-order valence-corrected chi connectivity index (χ0v) is 15.9. The van der Waals surface area contributed by atoms with Crippen molar-refractivity contribution in [2.45, 2.75) is 24.8 Å². The Bertz CT molecular complexity index is 846. The van der Waals surface area contributed by atoms with Crippen LogP contribution in [-0.2, 0) is 14.6 Å². The van der Waals surface area contributed by atoms with E-state index in [1.54, 1.807) is 24.3 Å². The van der Waals surface area contributed by atoms with Gasteiger partial charge in [-0.2, -0.15) is 0 Å². The van der Waals surface area contributed by atoms with Crippen LogP contribution in [0.25, 0.3) is 0 Å². The predicted octanol–water partition coefficient (Wildman–Crippen LogP) is 2.75. The van der Waals surface area contributed by atoms with Crippen LogP contribution in [0.1, 0.15) is 25.5 Å². The number of hydrogen-bond acceptors (Lipinski definition) is 5. The molecule has 140 valence electrons. The van der Waals surface area contributed by atoms with Crippen molar-refractivity contribution < 1.29 is 22.7 Å². The molecule has 0 aliphatic heterocycles. The van der Waals surface area contributed by atoms with Gasteiger partial charge in [-0.15, -0.1) is 0 Å². The molecule has 1 N–H and O–H groups in total. The van der Waals surface area contributed by atoms with Gasteiger partial charge in [0.2, 0.25) is 0 Å². The lowest BCUT2D eigenvalue weighted by atomic mass is 10.1. The van der Waals surface area contributed by atoms with Crippen molar-refractivity contribution in [3.05, 3.63) is 54.1 Å². The topological polar surface area (TPSA) is 81.7 Å². The maximum atomic E-state index is 12.1. The fraction of sp³-hybridized carbons (Fsp3) is 0.316. The number of carbonyl (C=O) groups excluding carboxylic acids is 1. The van der Waals surface area contributed by atoms with Gasteiger partial charge >= 0.3 is 0 Å². The van der Waals surface area contributed by atoms with Crippen molar-refractivity contribution in [3.63, 3.8) is 0 Å². The molecule has 0 saturated heterocycles. The molecule has 2 aromatic rings. The van der Waals surface area contributed by atoms with E-state index >= 15 is 0 Å². The van der Waals surface area contributed by atoms with Gasteiger partial charge in [-0.25, -0.2) is 8.42 Å². The number of carbonyl (C=O) groups is 1. The van der Waals surface area contributed by atoms with E-state index < -0.39 is 9.84 Å². The van der Waals surface area contributed by atoms with Crippen LogP contribution in [0.4, 0.5) is 0 Å². The Morgan fingerprint density at radius 1 is 1.04 bits per heavy atom. The molecule has 1 atom stereocenters. The minimum absolute atomic E-state index is 0.143. The van der Waals surface area contributed by atoms with Crippen LogP contribution < -0.4 is 14.8 Å². The molecule has 2 aromatic carbocycles. The third-order valence-corrected chi connectivity index (χ3v) is 4.82. The largest absolute Gasteiger partial charge is 0.490 e. The van der Waals surface area contributed by atoms with E-state index in [2.05, 4.69) is 5.32 Å². The summed E-state index contributed by atoms with van der Waals surface area (Å²) in [6.07, 6.45) is 1.16. The number of ether oxygens (including phenoxy) is 2. The van der Waals surface area contributed by atoms with Gasteiger partial charge < -0.3 is 14.8 Å². The van der Waals surface area contributed by atoms with Gasteiger partial charge in [0, 0.05) is 6.26 Å². The molecule has 6 nitrogen and oxygen atoms in total. The number of nitrogens with one attached hydrogen (secondary N) is 1. The van der Waals surface area contributed by atoms with E-state index in [9.17, 15) is 13.2 Å². The SMILES string of the molecule is CCOc1ccccc1OCC(=O)N[C@H](C)c1ccc(S(C)(=O)=O)cc1. The van der Waals surface area contributed by atoms with E-state index in [0.29, 0.717) is 18.1 Å². The normalized spacial score (nSPS) is 12.3. The zero-order chi connectivity index (χ0) is 19.2. The lowest BCUT2D eigenvalue weighted by molar-refractivity contribution is -0.123. The van der Waals surface area contributed by atoms with Crippen molar-refractivity contribution >= 4 is 15.7 Å². The molecule has 0 radical (unpaired) electrons. The minimum atomic E-state index is -3.24. The monoisotopic (exact) mass is 377 g/mol. The summed E-state index contributed by atoms with van der Waals surface area (Å²) in [6, 6.07) is 13.3. The summed E-state index contributed by atoms with van der Waals surface area (Å²) >= 11 is 0. The van der Waals surface area contributed by atoms with E-state index in [0.717, 1.165) is 11.8 Å². The molecule has 7 heteroatoms. The number of hydrogen-bond donors (Lipinski definition) is 1. The first-order valence-corrected chi connectivity index (χ1v) is 10.1. The van der Waals surface area contributed by atoms with Crippen LogP contribution >= 0.6 is 0 Å². The van der Waals surface area contributed by atoms with Crippen molar-refractivity contribution in [1.29, 1.82) is 0 Å². The molecule has 1 amide bonds. The van der Waals surface area contributed by atoms with Crippen molar-refractivity contribution in [3.8, 4) is 11.5 Å². The van der Waals surface area contributed by atoms with Gasteiger partial charge in [-0.1, -0.05) is 24.3 Å².